The monoisotopic (exact) mass is 341 g/mol. The number of rotatable bonds is 3. The van der Waals surface area contributed by atoms with Gasteiger partial charge >= 0.3 is 0 Å². The third kappa shape index (κ3) is 2.43. The van der Waals surface area contributed by atoms with Crippen molar-refractivity contribution in [3.63, 3.8) is 0 Å². The molecule has 0 radical (unpaired) electrons. The summed E-state index contributed by atoms with van der Waals surface area (Å²) in [6.45, 7) is 0.712. The summed E-state index contributed by atoms with van der Waals surface area (Å²) in [4.78, 5) is 3.17. The number of nitrogens with zero attached hydrogens (tertiary/aromatic N) is 1. The van der Waals surface area contributed by atoms with E-state index >= 15 is 0 Å². The Kier molecular flexibility index (Phi) is 3.50. The molecule has 4 rings (SSSR count). The van der Waals surface area contributed by atoms with Crippen molar-refractivity contribution in [3.8, 4) is 17.2 Å². The van der Waals surface area contributed by atoms with Crippen LogP contribution in [0.5, 0.6) is 17.2 Å². The molecule has 2 aromatic carbocycles. The van der Waals surface area contributed by atoms with Crippen molar-refractivity contribution < 1.29 is 14.2 Å². The van der Waals surface area contributed by atoms with Crippen LogP contribution in [0.3, 0.4) is 0 Å². The molecule has 0 saturated heterocycles. The Morgan fingerprint density at radius 1 is 1.21 bits per heavy atom. The predicted octanol–water partition coefficient (Wildman–Crippen LogP) is 2.96. The van der Waals surface area contributed by atoms with Crippen LogP contribution >= 0.6 is 12.2 Å². The maximum absolute atomic E-state index is 8.52. The third-order valence-corrected chi connectivity index (χ3v) is 4.34. The number of aromatic nitrogens is 2. The summed E-state index contributed by atoms with van der Waals surface area (Å²) in [6, 6.07) is 11.3. The van der Waals surface area contributed by atoms with Crippen LogP contribution < -0.4 is 19.7 Å². The van der Waals surface area contributed by atoms with Crippen molar-refractivity contribution in [2.24, 2.45) is 0 Å². The fourth-order valence-electron chi connectivity index (χ4n) is 2.76. The van der Waals surface area contributed by atoms with Gasteiger partial charge < -0.3 is 19.2 Å². The largest absolute Gasteiger partial charge is 0.497 e. The average Bonchev–Trinajstić information content (AvgIpc) is 3.06. The van der Waals surface area contributed by atoms with Crippen molar-refractivity contribution in [3.05, 3.63) is 52.2 Å². The topological polar surface area (TPSA) is 72.3 Å². The molecule has 0 atom stereocenters. The first-order valence-corrected chi connectivity index (χ1v) is 7.80. The highest BCUT2D eigenvalue weighted by atomic mass is 32.1. The summed E-state index contributed by atoms with van der Waals surface area (Å²) < 4.78 is 18.2. The lowest BCUT2D eigenvalue weighted by molar-refractivity contribution is 0.174. The van der Waals surface area contributed by atoms with Gasteiger partial charge in [-0.15, -0.1) is 0 Å². The highest BCUT2D eigenvalue weighted by Gasteiger charge is 2.14. The molecular formula is C17H15N3O3S. The SMILES string of the molecule is COc1ccc2[nH]c(=S)n(Cc3ccc4c(c3)OCO4)c(=N)c2c1. The summed E-state index contributed by atoms with van der Waals surface area (Å²) in [5.41, 5.74) is 2.14. The van der Waals surface area contributed by atoms with Crippen molar-refractivity contribution in [2.75, 3.05) is 13.9 Å². The summed E-state index contributed by atoms with van der Waals surface area (Å²) in [5, 5.41) is 9.27. The van der Waals surface area contributed by atoms with Crippen LogP contribution in [0.1, 0.15) is 5.56 Å². The maximum atomic E-state index is 8.52. The first-order chi connectivity index (χ1) is 11.7. The Balaban J connectivity index is 1.81. The van der Waals surface area contributed by atoms with Crippen LogP contribution in [0.15, 0.2) is 36.4 Å². The third-order valence-electron chi connectivity index (χ3n) is 4.02. The number of fused-ring (bicyclic) bond motifs is 2. The van der Waals surface area contributed by atoms with Gasteiger partial charge in [0.1, 0.15) is 11.2 Å². The van der Waals surface area contributed by atoms with E-state index in [-0.39, 0.29) is 6.79 Å². The van der Waals surface area contributed by atoms with Gasteiger partial charge in [-0.05, 0) is 48.1 Å². The van der Waals surface area contributed by atoms with Crippen LogP contribution in [-0.2, 0) is 6.54 Å². The zero-order valence-electron chi connectivity index (χ0n) is 13.0. The van der Waals surface area contributed by atoms with Crippen LogP contribution in [0.25, 0.3) is 10.9 Å². The minimum atomic E-state index is 0.242. The van der Waals surface area contributed by atoms with Gasteiger partial charge in [0.05, 0.1) is 19.2 Å². The standard InChI is InChI=1S/C17H15N3O3S/c1-21-11-3-4-13-12(7-11)16(18)20(17(24)19-13)8-10-2-5-14-15(6-10)23-9-22-14/h2-7,18H,8-9H2,1H3,(H,19,24). The molecule has 0 saturated carbocycles. The van der Waals surface area contributed by atoms with E-state index in [1.54, 1.807) is 11.7 Å². The van der Waals surface area contributed by atoms with Crippen molar-refractivity contribution in [1.82, 2.24) is 9.55 Å². The number of ether oxygens (including phenoxy) is 3. The van der Waals surface area contributed by atoms with E-state index < -0.39 is 0 Å². The van der Waals surface area contributed by atoms with Crippen molar-refractivity contribution in [1.29, 1.82) is 5.41 Å². The Morgan fingerprint density at radius 3 is 2.88 bits per heavy atom. The quantitative estimate of drug-likeness (QED) is 0.719. The van der Waals surface area contributed by atoms with Crippen LogP contribution in [-0.4, -0.2) is 23.5 Å². The van der Waals surface area contributed by atoms with Crippen LogP contribution in [0, 0.1) is 10.2 Å². The van der Waals surface area contributed by atoms with E-state index in [0.29, 0.717) is 22.6 Å². The lowest BCUT2D eigenvalue weighted by atomic mass is 10.2. The molecule has 3 aromatic rings. The number of hydrogen-bond donors (Lipinski definition) is 2. The summed E-state index contributed by atoms with van der Waals surface area (Å²) in [6.07, 6.45) is 0. The van der Waals surface area contributed by atoms with E-state index in [9.17, 15) is 0 Å². The highest BCUT2D eigenvalue weighted by molar-refractivity contribution is 7.71. The van der Waals surface area contributed by atoms with E-state index in [2.05, 4.69) is 4.98 Å². The van der Waals surface area contributed by atoms with Crippen LogP contribution in [0.2, 0.25) is 0 Å². The van der Waals surface area contributed by atoms with Gasteiger partial charge in [0, 0.05) is 5.39 Å². The normalized spacial score (nSPS) is 12.5. The van der Waals surface area contributed by atoms with Gasteiger partial charge in [0.15, 0.2) is 16.3 Å². The van der Waals surface area contributed by atoms with E-state index in [1.807, 2.05) is 36.4 Å². The minimum absolute atomic E-state index is 0.242. The van der Waals surface area contributed by atoms with Gasteiger partial charge in [-0.2, -0.15) is 0 Å². The zero-order valence-corrected chi connectivity index (χ0v) is 13.8. The molecule has 2 heterocycles. The Hall–Kier alpha value is -2.80. The maximum Gasteiger partial charge on any atom is 0.231 e. The first kappa shape index (κ1) is 14.8. The molecule has 0 bridgehead atoms. The molecule has 0 unspecified atom stereocenters. The van der Waals surface area contributed by atoms with Gasteiger partial charge in [-0.25, -0.2) is 0 Å². The molecule has 1 aromatic heterocycles. The molecule has 1 aliphatic heterocycles. The summed E-state index contributed by atoms with van der Waals surface area (Å²) >= 11 is 5.43. The molecule has 6 nitrogen and oxygen atoms in total. The molecule has 0 spiro atoms. The van der Waals surface area contributed by atoms with Gasteiger partial charge in [-0.3, -0.25) is 9.98 Å². The smallest absolute Gasteiger partial charge is 0.231 e. The zero-order chi connectivity index (χ0) is 16.7. The molecule has 0 fully saturated rings. The van der Waals surface area contributed by atoms with Crippen molar-refractivity contribution >= 4 is 23.1 Å². The van der Waals surface area contributed by atoms with Crippen LogP contribution in [0.4, 0.5) is 0 Å². The second-order valence-corrected chi connectivity index (χ2v) is 5.85. The molecule has 24 heavy (non-hydrogen) atoms. The number of aromatic amines is 1. The molecule has 0 amide bonds. The number of hydrogen-bond acceptors (Lipinski definition) is 5. The second kappa shape index (κ2) is 5.68. The second-order valence-electron chi connectivity index (χ2n) is 5.46. The van der Waals surface area contributed by atoms with Gasteiger partial charge in [0.2, 0.25) is 6.79 Å². The molecule has 2 N–H and O–H groups in total. The Morgan fingerprint density at radius 2 is 2.04 bits per heavy atom. The summed E-state index contributed by atoms with van der Waals surface area (Å²) in [7, 11) is 1.61. The number of methoxy groups -OCH3 is 1. The Bertz CT molecular complexity index is 1060. The highest BCUT2D eigenvalue weighted by Crippen LogP contribution is 2.32. The predicted molar refractivity (Wildman–Crippen MR) is 91.2 cm³/mol. The fourth-order valence-corrected chi connectivity index (χ4v) is 3.02. The fraction of sp³-hybridized carbons (Fsp3) is 0.176. The Labute approximate surface area is 142 Å². The van der Waals surface area contributed by atoms with Gasteiger partial charge in [-0.1, -0.05) is 6.07 Å². The number of benzene rings is 2. The van der Waals surface area contributed by atoms with Gasteiger partial charge in [0.25, 0.3) is 0 Å². The van der Waals surface area contributed by atoms with E-state index in [4.69, 9.17) is 31.8 Å². The van der Waals surface area contributed by atoms with E-state index in [1.165, 1.54) is 0 Å². The molecule has 7 heteroatoms. The number of nitrogens with one attached hydrogen (secondary N) is 2. The molecule has 1 aliphatic rings. The molecule has 122 valence electrons. The minimum Gasteiger partial charge on any atom is -0.497 e. The first-order valence-electron chi connectivity index (χ1n) is 7.40. The van der Waals surface area contributed by atoms with E-state index in [0.717, 1.165) is 28.0 Å². The average molecular weight is 341 g/mol. The molecule has 0 aliphatic carbocycles. The van der Waals surface area contributed by atoms with Crippen molar-refractivity contribution in [2.45, 2.75) is 6.54 Å². The molecular weight excluding hydrogens is 326 g/mol. The lowest BCUT2D eigenvalue weighted by Crippen LogP contribution is -2.23. The number of H-pyrrole nitrogens is 1. The lowest BCUT2D eigenvalue weighted by Gasteiger charge is -2.11. The summed E-state index contributed by atoms with van der Waals surface area (Å²) in [5.74, 6) is 2.16.